The average Bonchev–Trinajstić information content (AvgIpc) is 3.02. The molecular formula is C34H36N2O5. The second-order valence-electron chi connectivity index (χ2n) is 9.58. The van der Waals surface area contributed by atoms with Crippen LogP contribution in [0, 0.1) is 0 Å². The van der Waals surface area contributed by atoms with Gasteiger partial charge in [-0.25, -0.2) is 0 Å². The van der Waals surface area contributed by atoms with E-state index in [9.17, 15) is 9.59 Å². The molecule has 1 N–H and O–H groups in total. The molecule has 4 aromatic carbocycles. The van der Waals surface area contributed by atoms with Gasteiger partial charge in [-0.1, -0.05) is 78.9 Å². The van der Waals surface area contributed by atoms with Crippen molar-refractivity contribution in [1.82, 2.24) is 10.2 Å². The zero-order valence-corrected chi connectivity index (χ0v) is 23.7. The Balaban J connectivity index is 1.60. The number of rotatable bonds is 13. The van der Waals surface area contributed by atoms with Gasteiger partial charge in [-0.15, -0.1) is 0 Å². The van der Waals surface area contributed by atoms with Gasteiger partial charge in [0.25, 0.3) is 0 Å². The molecule has 0 aliphatic heterocycles. The van der Waals surface area contributed by atoms with Gasteiger partial charge in [0.15, 0.2) is 11.5 Å². The number of hydrogen-bond acceptors (Lipinski definition) is 5. The van der Waals surface area contributed by atoms with E-state index in [1.807, 2.05) is 103 Å². The molecule has 0 aliphatic rings. The normalized spacial score (nSPS) is 11.3. The Morgan fingerprint density at radius 1 is 0.707 bits per heavy atom. The fraction of sp³-hybridized carbons (Fsp3) is 0.235. The molecule has 4 aromatic rings. The number of nitrogens with zero attached hydrogens (tertiary/aromatic N) is 1. The van der Waals surface area contributed by atoms with Crippen molar-refractivity contribution in [2.45, 2.75) is 25.4 Å². The molecule has 0 saturated heterocycles. The Labute approximate surface area is 241 Å². The molecule has 2 amide bonds. The van der Waals surface area contributed by atoms with Crippen LogP contribution in [-0.4, -0.2) is 44.6 Å². The highest BCUT2D eigenvalue weighted by Gasteiger charge is 2.31. The lowest BCUT2D eigenvalue weighted by molar-refractivity contribution is -0.141. The molecule has 1 atom stereocenters. The smallest absolute Gasteiger partial charge is 0.247 e. The number of nitrogens with one attached hydrogen (secondary N) is 1. The topological polar surface area (TPSA) is 77.1 Å². The van der Waals surface area contributed by atoms with Crippen LogP contribution in [0.25, 0.3) is 0 Å². The summed E-state index contributed by atoms with van der Waals surface area (Å²) < 4.78 is 16.0. The molecule has 0 saturated carbocycles. The van der Waals surface area contributed by atoms with Crippen molar-refractivity contribution < 1.29 is 23.8 Å². The van der Waals surface area contributed by atoms with Gasteiger partial charge in [0.05, 0.1) is 27.8 Å². The number of carbonyl (C=O) groups is 2. The lowest BCUT2D eigenvalue weighted by Gasteiger charge is -2.32. The maximum absolute atomic E-state index is 13.9. The first-order valence-corrected chi connectivity index (χ1v) is 13.5. The van der Waals surface area contributed by atoms with Crippen molar-refractivity contribution in [2.24, 2.45) is 0 Å². The zero-order chi connectivity index (χ0) is 29.0. The quantitative estimate of drug-likeness (QED) is 0.241. The van der Waals surface area contributed by atoms with E-state index in [4.69, 9.17) is 14.2 Å². The van der Waals surface area contributed by atoms with E-state index >= 15 is 0 Å². The van der Waals surface area contributed by atoms with Crippen LogP contribution in [0.2, 0.25) is 0 Å². The molecular weight excluding hydrogens is 516 g/mol. The summed E-state index contributed by atoms with van der Waals surface area (Å²) in [7, 11) is 4.80. The zero-order valence-electron chi connectivity index (χ0n) is 23.7. The van der Waals surface area contributed by atoms with Gasteiger partial charge in [-0.3, -0.25) is 9.59 Å². The summed E-state index contributed by atoms with van der Waals surface area (Å²) in [5, 5.41) is 3.07. The molecule has 0 fully saturated rings. The highest BCUT2D eigenvalue weighted by atomic mass is 16.5. The second kappa shape index (κ2) is 14.6. The van der Waals surface area contributed by atoms with Gasteiger partial charge >= 0.3 is 0 Å². The van der Waals surface area contributed by atoms with E-state index in [0.29, 0.717) is 24.5 Å². The van der Waals surface area contributed by atoms with E-state index < -0.39 is 6.04 Å². The number of benzene rings is 4. The van der Waals surface area contributed by atoms with Crippen LogP contribution in [0.5, 0.6) is 17.2 Å². The van der Waals surface area contributed by atoms with E-state index in [0.717, 1.165) is 28.0 Å². The largest absolute Gasteiger partial charge is 0.497 e. The van der Waals surface area contributed by atoms with E-state index in [2.05, 4.69) is 5.32 Å². The van der Waals surface area contributed by atoms with Crippen LogP contribution in [0.1, 0.15) is 28.3 Å². The van der Waals surface area contributed by atoms with Gasteiger partial charge in [-0.05, 0) is 52.9 Å². The minimum atomic E-state index is -0.820. The van der Waals surface area contributed by atoms with Crippen molar-refractivity contribution in [3.8, 4) is 17.2 Å². The van der Waals surface area contributed by atoms with Crippen LogP contribution in [0.15, 0.2) is 103 Å². The standard InChI is InChI=1S/C34H36N2O5/c1-39-29-17-14-27(15-18-29)24-36(32(37)23-25-10-6-4-7-11-25)33(28-12-8-5-9-13-28)34(38)35-21-20-26-16-19-30(40-2)31(22-26)41-3/h4-19,22,33H,20-21,23-24H2,1-3H3,(H,35,38). The minimum absolute atomic E-state index is 0.143. The molecule has 7 heteroatoms. The Hall–Kier alpha value is -4.78. The molecule has 1 unspecified atom stereocenters. The highest BCUT2D eigenvalue weighted by Crippen LogP contribution is 2.28. The number of carbonyl (C=O) groups excluding carboxylic acids is 2. The first-order valence-electron chi connectivity index (χ1n) is 13.5. The molecule has 0 aromatic heterocycles. The lowest BCUT2D eigenvalue weighted by atomic mass is 10.0. The van der Waals surface area contributed by atoms with E-state index in [1.54, 1.807) is 26.2 Å². The third-order valence-electron chi connectivity index (χ3n) is 6.87. The summed E-state index contributed by atoms with van der Waals surface area (Å²) in [5.74, 6) is 1.62. The summed E-state index contributed by atoms with van der Waals surface area (Å²) in [4.78, 5) is 29.4. The molecule has 0 aliphatic carbocycles. The Morgan fingerprint density at radius 2 is 1.34 bits per heavy atom. The first-order chi connectivity index (χ1) is 20.0. The van der Waals surface area contributed by atoms with Gasteiger partial charge < -0.3 is 24.4 Å². The molecule has 4 rings (SSSR count). The summed E-state index contributed by atoms with van der Waals surface area (Å²) in [6, 6.07) is 31.4. The predicted octanol–water partition coefficient (Wildman–Crippen LogP) is 5.38. The van der Waals surface area contributed by atoms with Crippen LogP contribution >= 0.6 is 0 Å². The van der Waals surface area contributed by atoms with Gasteiger partial charge in [-0.2, -0.15) is 0 Å². The van der Waals surface area contributed by atoms with Crippen molar-refractivity contribution in [3.05, 3.63) is 125 Å². The predicted molar refractivity (Wildman–Crippen MR) is 159 cm³/mol. The average molecular weight is 553 g/mol. The fourth-order valence-electron chi connectivity index (χ4n) is 4.69. The molecule has 0 radical (unpaired) electrons. The summed E-state index contributed by atoms with van der Waals surface area (Å²) >= 11 is 0. The first kappa shape index (κ1) is 29.2. The van der Waals surface area contributed by atoms with Crippen molar-refractivity contribution in [2.75, 3.05) is 27.9 Å². The van der Waals surface area contributed by atoms with E-state index in [1.165, 1.54) is 0 Å². The van der Waals surface area contributed by atoms with Gasteiger partial charge in [0.1, 0.15) is 11.8 Å². The molecule has 7 nitrogen and oxygen atoms in total. The Kier molecular flexibility index (Phi) is 10.4. The van der Waals surface area contributed by atoms with Gasteiger partial charge in [0, 0.05) is 13.1 Å². The summed E-state index contributed by atoms with van der Waals surface area (Å²) in [6.07, 6.45) is 0.767. The second-order valence-corrected chi connectivity index (χ2v) is 9.58. The third kappa shape index (κ3) is 7.88. The summed E-state index contributed by atoms with van der Waals surface area (Å²) in [5.41, 5.74) is 3.52. The number of ether oxygens (including phenoxy) is 3. The lowest BCUT2D eigenvalue weighted by Crippen LogP contribution is -2.44. The summed E-state index contributed by atoms with van der Waals surface area (Å²) in [6.45, 7) is 0.652. The molecule has 0 spiro atoms. The van der Waals surface area contributed by atoms with Crippen LogP contribution in [0.3, 0.4) is 0 Å². The maximum atomic E-state index is 13.9. The molecule has 0 heterocycles. The number of hydrogen-bond donors (Lipinski definition) is 1. The maximum Gasteiger partial charge on any atom is 0.247 e. The van der Waals surface area contributed by atoms with E-state index in [-0.39, 0.29) is 24.8 Å². The fourth-order valence-corrected chi connectivity index (χ4v) is 4.69. The highest BCUT2D eigenvalue weighted by molar-refractivity contribution is 5.89. The molecule has 212 valence electrons. The number of methoxy groups -OCH3 is 3. The van der Waals surface area contributed by atoms with Crippen LogP contribution in [0.4, 0.5) is 0 Å². The monoisotopic (exact) mass is 552 g/mol. The van der Waals surface area contributed by atoms with Crippen molar-refractivity contribution >= 4 is 11.8 Å². The Morgan fingerprint density at radius 3 is 1.98 bits per heavy atom. The molecule has 41 heavy (non-hydrogen) atoms. The van der Waals surface area contributed by atoms with Crippen molar-refractivity contribution in [1.29, 1.82) is 0 Å². The van der Waals surface area contributed by atoms with Crippen LogP contribution in [-0.2, 0) is 29.0 Å². The number of amides is 2. The van der Waals surface area contributed by atoms with Gasteiger partial charge in [0.2, 0.25) is 11.8 Å². The van der Waals surface area contributed by atoms with Crippen molar-refractivity contribution in [3.63, 3.8) is 0 Å². The molecule has 0 bridgehead atoms. The Bertz CT molecular complexity index is 1410. The van der Waals surface area contributed by atoms with Crippen LogP contribution < -0.4 is 19.5 Å². The SMILES string of the molecule is COc1ccc(CN(C(=O)Cc2ccccc2)C(C(=O)NCCc2ccc(OC)c(OC)c2)c2ccccc2)cc1. The minimum Gasteiger partial charge on any atom is -0.497 e. The third-order valence-corrected chi connectivity index (χ3v) is 6.87.